The average molecular weight is 345 g/mol. The third kappa shape index (κ3) is 3.40. The summed E-state index contributed by atoms with van der Waals surface area (Å²) in [6.45, 7) is 5.11. The Labute approximate surface area is 147 Å². The largest absolute Gasteiger partial charge is 0.493 e. The Hall–Kier alpha value is -2.70. The molecule has 0 spiro atoms. The second kappa shape index (κ2) is 7.04. The zero-order valence-electron chi connectivity index (χ0n) is 14.7. The molecule has 134 valence electrons. The molecule has 1 atom stereocenters. The summed E-state index contributed by atoms with van der Waals surface area (Å²) in [6, 6.07) is 5.07. The number of allylic oxidation sites excluding steroid dienone is 1. The first-order chi connectivity index (χ1) is 12.0. The molecule has 2 N–H and O–H groups in total. The summed E-state index contributed by atoms with van der Waals surface area (Å²) in [4.78, 5) is 26.5. The van der Waals surface area contributed by atoms with Crippen molar-refractivity contribution in [1.29, 1.82) is 0 Å². The third-order valence-corrected chi connectivity index (χ3v) is 4.46. The third-order valence-electron chi connectivity index (χ3n) is 4.46. The highest BCUT2D eigenvalue weighted by Gasteiger charge is 2.31. The molecular weight excluding hydrogens is 322 g/mol. The highest BCUT2D eigenvalue weighted by atomic mass is 16.5. The van der Waals surface area contributed by atoms with Gasteiger partial charge in [-0.2, -0.15) is 0 Å². The van der Waals surface area contributed by atoms with Gasteiger partial charge in [-0.3, -0.25) is 4.79 Å². The van der Waals surface area contributed by atoms with Crippen molar-refractivity contribution >= 4 is 11.9 Å². The lowest BCUT2D eigenvalue weighted by Crippen LogP contribution is -2.50. The molecule has 0 aromatic heterocycles. The molecule has 25 heavy (non-hydrogen) atoms. The van der Waals surface area contributed by atoms with Crippen LogP contribution in [0.2, 0.25) is 0 Å². The fourth-order valence-corrected chi connectivity index (χ4v) is 3.28. The molecule has 2 aliphatic rings. The van der Waals surface area contributed by atoms with Gasteiger partial charge in [-0.05, 0) is 26.3 Å². The zero-order valence-corrected chi connectivity index (χ0v) is 14.7. The molecular formula is C18H23N3O4. The van der Waals surface area contributed by atoms with Crippen molar-refractivity contribution in [2.75, 3.05) is 20.3 Å². The second-order valence-electron chi connectivity index (χ2n) is 6.24. The summed E-state index contributed by atoms with van der Waals surface area (Å²) < 4.78 is 11.2. The molecule has 0 unspecified atom stereocenters. The number of nitrogens with one attached hydrogen (secondary N) is 2. The molecule has 7 heteroatoms. The number of carbonyl (C=O) groups excluding carboxylic acids is 2. The van der Waals surface area contributed by atoms with E-state index in [9.17, 15) is 9.59 Å². The van der Waals surface area contributed by atoms with Crippen molar-refractivity contribution < 1.29 is 19.1 Å². The molecule has 7 nitrogen and oxygen atoms in total. The van der Waals surface area contributed by atoms with Crippen LogP contribution in [-0.4, -0.2) is 43.1 Å². The number of carbonyl (C=O) groups is 2. The number of urea groups is 1. The number of ether oxygens (including phenoxy) is 2. The predicted octanol–water partition coefficient (Wildman–Crippen LogP) is 1.78. The van der Waals surface area contributed by atoms with Gasteiger partial charge >= 0.3 is 6.03 Å². The van der Waals surface area contributed by atoms with Crippen LogP contribution in [0.4, 0.5) is 4.79 Å². The monoisotopic (exact) mass is 345 g/mol. The van der Waals surface area contributed by atoms with Gasteiger partial charge in [0.05, 0.1) is 25.3 Å². The normalized spacial score (nSPS) is 20.5. The van der Waals surface area contributed by atoms with E-state index in [1.165, 1.54) is 0 Å². The summed E-state index contributed by atoms with van der Waals surface area (Å²) in [6.07, 6.45) is 0.726. The lowest BCUT2D eigenvalue weighted by atomic mass is 10.0. The van der Waals surface area contributed by atoms with E-state index in [0.29, 0.717) is 42.5 Å². The SMILES string of the molecule is COc1cccc2c1OCCCN(C(=O)C1=C(C)NC(=O)N[C@H]1C)C2. The molecule has 0 saturated heterocycles. The van der Waals surface area contributed by atoms with Crippen molar-refractivity contribution in [1.82, 2.24) is 15.5 Å². The molecule has 2 aliphatic heterocycles. The molecule has 0 radical (unpaired) electrons. The molecule has 2 heterocycles. The number of methoxy groups -OCH3 is 1. The molecule has 1 aromatic carbocycles. The minimum atomic E-state index is -0.326. The lowest BCUT2D eigenvalue weighted by Gasteiger charge is -2.32. The van der Waals surface area contributed by atoms with Crippen molar-refractivity contribution in [3.8, 4) is 11.5 Å². The molecule has 3 amide bonds. The standard InChI is InChI=1S/C18H23N3O4/c1-11-15(12(2)20-18(23)19-11)17(22)21-8-5-9-25-16-13(10-21)6-4-7-14(16)24-3/h4,6-7,11H,5,8-10H2,1-3H3,(H2,19,20,23)/t11-/m0/s1. The van der Waals surface area contributed by atoms with E-state index in [0.717, 1.165) is 12.0 Å². The Balaban J connectivity index is 1.90. The fraction of sp³-hybridized carbons (Fsp3) is 0.444. The number of rotatable bonds is 2. The Morgan fingerprint density at radius 1 is 1.40 bits per heavy atom. The summed E-state index contributed by atoms with van der Waals surface area (Å²) in [7, 11) is 1.60. The van der Waals surface area contributed by atoms with Gasteiger partial charge in [0.1, 0.15) is 0 Å². The Kier molecular flexibility index (Phi) is 4.83. The molecule has 1 aromatic rings. The van der Waals surface area contributed by atoms with Crippen LogP contribution in [0.1, 0.15) is 25.8 Å². The second-order valence-corrected chi connectivity index (χ2v) is 6.24. The zero-order chi connectivity index (χ0) is 18.0. The minimum Gasteiger partial charge on any atom is -0.493 e. The molecule has 0 fully saturated rings. The molecule has 3 rings (SSSR count). The predicted molar refractivity (Wildman–Crippen MR) is 92.4 cm³/mol. The fourth-order valence-electron chi connectivity index (χ4n) is 3.28. The van der Waals surface area contributed by atoms with Crippen molar-refractivity contribution in [2.45, 2.75) is 32.9 Å². The highest BCUT2D eigenvalue weighted by molar-refractivity contribution is 5.98. The van der Waals surface area contributed by atoms with Gasteiger partial charge < -0.3 is 25.0 Å². The molecule has 0 aliphatic carbocycles. The summed E-state index contributed by atoms with van der Waals surface area (Å²) in [5, 5.41) is 5.43. The van der Waals surface area contributed by atoms with E-state index in [-0.39, 0.29) is 18.0 Å². The average Bonchev–Trinajstić information content (AvgIpc) is 2.53. The van der Waals surface area contributed by atoms with Crippen LogP contribution in [-0.2, 0) is 11.3 Å². The van der Waals surface area contributed by atoms with Gasteiger partial charge in [-0.25, -0.2) is 4.79 Å². The van der Waals surface area contributed by atoms with Gasteiger partial charge in [0.2, 0.25) is 0 Å². The Morgan fingerprint density at radius 3 is 2.92 bits per heavy atom. The van der Waals surface area contributed by atoms with E-state index < -0.39 is 0 Å². The Morgan fingerprint density at radius 2 is 2.20 bits per heavy atom. The van der Waals surface area contributed by atoms with E-state index in [4.69, 9.17) is 9.47 Å². The van der Waals surface area contributed by atoms with Crippen LogP contribution < -0.4 is 20.1 Å². The highest BCUT2D eigenvalue weighted by Crippen LogP contribution is 2.33. The molecule has 0 bridgehead atoms. The van der Waals surface area contributed by atoms with Gasteiger partial charge in [0.15, 0.2) is 11.5 Å². The molecule has 0 saturated carbocycles. The van der Waals surface area contributed by atoms with Crippen LogP contribution in [0.3, 0.4) is 0 Å². The van der Waals surface area contributed by atoms with Gasteiger partial charge in [-0.15, -0.1) is 0 Å². The van der Waals surface area contributed by atoms with Crippen LogP contribution in [0, 0.1) is 0 Å². The minimum absolute atomic E-state index is 0.0758. The smallest absolute Gasteiger partial charge is 0.319 e. The van der Waals surface area contributed by atoms with E-state index in [2.05, 4.69) is 10.6 Å². The lowest BCUT2D eigenvalue weighted by molar-refractivity contribution is -0.128. The van der Waals surface area contributed by atoms with Crippen LogP contribution in [0.5, 0.6) is 11.5 Å². The number of hydrogen-bond donors (Lipinski definition) is 2. The van der Waals surface area contributed by atoms with E-state index in [1.807, 2.05) is 25.1 Å². The van der Waals surface area contributed by atoms with Crippen LogP contribution >= 0.6 is 0 Å². The number of para-hydroxylation sites is 1. The van der Waals surface area contributed by atoms with Gasteiger partial charge in [0.25, 0.3) is 5.91 Å². The quantitative estimate of drug-likeness (QED) is 0.856. The van der Waals surface area contributed by atoms with Crippen LogP contribution in [0.25, 0.3) is 0 Å². The van der Waals surface area contributed by atoms with Crippen molar-refractivity contribution in [2.24, 2.45) is 0 Å². The summed E-state index contributed by atoms with van der Waals surface area (Å²) in [5.74, 6) is 1.28. The first kappa shape index (κ1) is 17.1. The topological polar surface area (TPSA) is 79.9 Å². The van der Waals surface area contributed by atoms with Gasteiger partial charge in [0, 0.05) is 24.4 Å². The van der Waals surface area contributed by atoms with E-state index >= 15 is 0 Å². The first-order valence-corrected chi connectivity index (χ1v) is 8.37. The number of hydrogen-bond acceptors (Lipinski definition) is 4. The van der Waals surface area contributed by atoms with E-state index in [1.54, 1.807) is 18.9 Å². The van der Waals surface area contributed by atoms with Crippen molar-refractivity contribution in [3.63, 3.8) is 0 Å². The summed E-state index contributed by atoms with van der Waals surface area (Å²) >= 11 is 0. The number of fused-ring (bicyclic) bond motifs is 1. The maximum atomic E-state index is 13.1. The van der Waals surface area contributed by atoms with Crippen molar-refractivity contribution in [3.05, 3.63) is 35.0 Å². The van der Waals surface area contributed by atoms with Gasteiger partial charge in [-0.1, -0.05) is 12.1 Å². The first-order valence-electron chi connectivity index (χ1n) is 8.37. The maximum absolute atomic E-state index is 13.1. The van der Waals surface area contributed by atoms with Crippen LogP contribution in [0.15, 0.2) is 29.5 Å². The number of nitrogens with zero attached hydrogens (tertiary/aromatic N) is 1. The summed E-state index contributed by atoms with van der Waals surface area (Å²) in [5.41, 5.74) is 2.10. The number of benzene rings is 1. The number of amides is 3. The maximum Gasteiger partial charge on any atom is 0.319 e. The Bertz CT molecular complexity index is 729.